The smallest absolute Gasteiger partial charge is 0.176 e. The second-order valence-electron chi connectivity index (χ2n) is 8.04. The molecule has 0 radical (unpaired) electrons. The second kappa shape index (κ2) is 9.42. The molecule has 0 N–H and O–H groups in total. The van der Waals surface area contributed by atoms with Gasteiger partial charge in [0.05, 0.1) is 5.25 Å². The highest BCUT2D eigenvalue weighted by Crippen LogP contribution is 2.52. The van der Waals surface area contributed by atoms with Gasteiger partial charge >= 0.3 is 0 Å². The average Bonchev–Trinajstić information content (AvgIpc) is 2.89. The third-order valence-electron chi connectivity index (χ3n) is 6.04. The maximum Gasteiger partial charge on any atom is 0.176 e. The summed E-state index contributed by atoms with van der Waals surface area (Å²) in [4.78, 5) is 15.1. The first-order valence-electron chi connectivity index (χ1n) is 10.9. The molecule has 0 aromatic heterocycles. The summed E-state index contributed by atoms with van der Waals surface area (Å²) >= 11 is 1.70. The summed E-state index contributed by atoms with van der Waals surface area (Å²) in [6, 6.07) is 41.2. The lowest BCUT2D eigenvalue weighted by Crippen LogP contribution is -2.32. The maximum absolute atomic E-state index is 13.9. The van der Waals surface area contributed by atoms with Crippen LogP contribution < -0.4 is 0 Å². The SMILES string of the molecule is O=C(c1ccccc1)C1SC(c2ccccc2)=CC(c2ccccc2)C1c1ccccc1. The van der Waals surface area contributed by atoms with Crippen molar-refractivity contribution >= 4 is 22.5 Å². The Labute approximate surface area is 193 Å². The van der Waals surface area contributed by atoms with Crippen LogP contribution in [0.5, 0.6) is 0 Å². The van der Waals surface area contributed by atoms with Crippen LogP contribution in [0.15, 0.2) is 127 Å². The highest BCUT2D eigenvalue weighted by molar-refractivity contribution is 8.09. The molecule has 0 saturated heterocycles. The third-order valence-corrected chi connectivity index (χ3v) is 7.43. The molecule has 3 atom stereocenters. The molecule has 0 fully saturated rings. The zero-order chi connectivity index (χ0) is 21.8. The van der Waals surface area contributed by atoms with Gasteiger partial charge in [-0.25, -0.2) is 0 Å². The molecule has 5 rings (SSSR count). The van der Waals surface area contributed by atoms with Crippen molar-refractivity contribution in [1.82, 2.24) is 0 Å². The monoisotopic (exact) mass is 432 g/mol. The number of thioether (sulfide) groups is 1. The molecule has 1 aliphatic rings. The molecule has 1 nitrogen and oxygen atoms in total. The summed E-state index contributed by atoms with van der Waals surface area (Å²) in [5.41, 5.74) is 4.37. The molecule has 4 aromatic carbocycles. The van der Waals surface area contributed by atoms with Crippen LogP contribution in [0.3, 0.4) is 0 Å². The summed E-state index contributed by atoms with van der Waals surface area (Å²) in [5, 5.41) is -0.217. The van der Waals surface area contributed by atoms with Gasteiger partial charge in [-0.2, -0.15) is 0 Å². The van der Waals surface area contributed by atoms with E-state index in [-0.39, 0.29) is 22.9 Å². The van der Waals surface area contributed by atoms with Gasteiger partial charge in [-0.15, -0.1) is 11.8 Å². The number of Topliss-reactive ketones (excluding diaryl/α,β-unsaturated/α-hetero) is 1. The number of carbonyl (C=O) groups excluding carboxylic acids is 1. The van der Waals surface area contributed by atoms with Gasteiger partial charge in [0.1, 0.15) is 0 Å². The van der Waals surface area contributed by atoms with E-state index in [1.54, 1.807) is 11.8 Å². The van der Waals surface area contributed by atoms with Crippen molar-refractivity contribution in [1.29, 1.82) is 0 Å². The Morgan fingerprint density at radius 3 is 1.69 bits per heavy atom. The number of carbonyl (C=O) groups is 1. The van der Waals surface area contributed by atoms with E-state index >= 15 is 0 Å². The minimum Gasteiger partial charge on any atom is -0.293 e. The fourth-order valence-corrected chi connectivity index (χ4v) is 5.98. The largest absolute Gasteiger partial charge is 0.293 e. The zero-order valence-electron chi connectivity index (χ0n) is 17.7. The fourth-order valence-electron chi connectivity index (χ4n) is 4.49. The second-order valence-corrected chi connectivity index (χ2v) is 9.22. The van der Waals surface area contributed by atoms with E-state index in [9.17, 15) is 4.79 Å². The molecule has 1 aliphatic heterocycles. The van der Waals surface area contributed by atoms with E-state index in [1.807, 2.05) is 48.5 Å². The van der Waals surface area contributed by atoms with Crippen molar-refractivity contribution in [3.63, 3.8) is 0 Å². The van der Waals surface area contributed by atoms with Crippen LogP contribution in [0.1, 0.15) is 38.9 Å². The molecular weight excluding hydrogens is 408 g/mol. The van der Waals surface area contributed by atoms with Gasteiger partial charge in [0, 0.05) is 22.3 Å². The Kier molecular flexibility index (Phi) is 6.04. The van der Waals surface area contributed by atoms with E-state index < -0.39 is 0 Å². The quantitative estimate of drug-likeness (QED) is 0.302. The average molecular weight is 433 g/mol. The number of hydrogen-bond acceptors (Lipinski definition) is 2. The van der Waals surface area contributed by atoms with Crippen LogP contribution in [0.2, 0.25) is 0 Å². The molecule has 1 heterocycles. The third kappa shape index (κ3) is 4.19. The van der Waals surface area contributed by atoms with Crippen LogP contribution in [-0.4, -0.2) is 11.0 Å². The molecular formula is C30H24OS. The number of rotatable bonds is 5. The predicted octanol–water partition coefficient (Wildman–Crippen LogP) is 7.59. The van der Waals surface area contributed by atoms with Crippen LogP contribution in [0.25, 0.3) is 4.91 Å². The highest BCUT2D eigenvalue weighted by Gasteiger charge is 2.40. The standard InChI is InChI=1S/C30H24OS/c31-29(25-19-11-4-12-20-25)30-28(24-17-9-3-10-18-24)26(22-13-5-1-6-14-22)21-27(32-30)23-15-7-2-8-16-23/h1-21,26,28,30H. The van der Waals surface area contributed by atoms with Crippen molar-refractivity contribution < 1.29 is 4.79 Å². The topological polar surface area (TPSA) is 17.1 Å². The van der Waals surface area contributed by atoms with Crippen LogP contribution in [-0.2, 0) is 0 Å². The number of benzene rings is 4. The van der Waals surface area contributed by atoms with Gasteiger partial charge < -0.3 is 0 Å². The van der Waals surface area contributed by atoms with Crippen molar-refractivity contribution in [2.45, 2.75) is 17.1 Å². The normalized spacial score (nSPS) is 20.4. The minimum atomic E-state index is -0.217. The Bertz CT molecular complexity index is 1200. The lowest BCUT2D eigenvalue weighted by molar-refractivity contribution is 0.0978. The molecule has 2 heteroatoms. The van der Waals surface area contributed by atoms with Gasteiger partial charge in [0.15, 0.2) is 5.78 Å². The van der Waals surface area contributed by atoms with E-state index in [0.29, 0.717) is 0 Å². The first kappa shape index (κ1) is 20.5. The predicted molar refractivity (Wildman–Crippen MR) is 135 cm³/mol. The van der Waals surface area contributed by atoms with Gasteiger partial charge in [-0.1, -0.05) is 127 Å². The molecule has 4 aromatic rings. The lowest BCUT2D eigenvalue weighted by atomic mass is 9.76. The first-order chi connectivity index (χ1) is 15.8. The van der Waals surface area contributed by atoms with Gasteiger partial charge in [-0.05, 0) is 16.7 Å². The zero-order valence-corrected chi connectivity index (χ0v) is 18.5. The van der Waals surface area contributed by atoms with Gasteiger partial charge in [0.2, 0.25) is 0 Å². The molecule has 0 saturated carbocycles. The molecule has 0 spiro atoms. The van der Waals surface area contributed by atoms with E-state index in [4.69, 9.17) is 0 Å². The first-order valence-corrected chi connectivity index (χ1v) is 11.8. The highest BCUT2D eigenvalue weighted by atomic mass is 32.2. The van der Waals surface area contributed by atoms with E-state index in [0.717, 1.165) is 11.1 Å². The van der Waals surface area contributed by atoms with Crippen LogP contribution >= 0.6 is 11.8 Å². The number of ketones is 1. The summed E-state index contributed by atoms with van der Waals surface area (Å²) in [6.45, 7) is 0. The Balaban J connectivity index is 1.68. The molecule has 0 aliphatic carbocycles. The lowest BCUT2D eigenvalue weighted by Gasteiger charge is -2.37. The summed E-state index contributed by atoms with van der Waals surface area (Å²) in [5.74, 6) is 0.336. The minimum absolute atomic E-state index is 0.0452. The number of allylic oxidation sites excluding steroid dienone is 1. The molecule has 3 unspecified atom stereocenters. The number of hydrogen-bond donors (Lipinski definition) is 0. The van der Waals surface area contributed by atoms with Gasteiger partial charge in [0.25, 0.3) is 0 Å². The molecule has 32 heavy (non-hydrogen) atoms. The van der Waals surface area contributed by atoms with Crippen LogP contribution in [0.4, 0.5) is 0 Å². The maximum atomic E-state index is 13.9. The van der Waals surface area contributed by atoms with Crippen molar-refractivity contribution in [3.05, 3.63) is 150 Å². The van der Waals surface area contributed by atoms with Crippen molar-refractivity contribution in [3.8, 4) is 0 Å². The van der Waals surface area contributed by atoms with E-state index in [2.05, 4.69) is 78.9 Å². The Hall–Kier alpha value is -3.36. The summed E-state index contributed by atoms with van der Waals surface area (Å²) in [7, 11) is 0. The van der Waals surface area contributed by atoms with Crippen LogP contribution in [0, 0.1) is 0 Å². The van der Waals surface area contributed by atoms with Crippen molar-refractivity contribution in [2.75, 3.05) is 0 Å². The van der Waals surface area contributed by atoms with E-state index in [1.165, 1.54) is 16.0 Å². The summed E-state index contributed by atoms with van der Waals surface area (Å²) in [6.07, 6.45) is 2.36. The summed E-state index contributed by atoms with van der Waals surface area (Å²) < 4.78 is 0. The Morgan fingerprint density at radius 2 is 1.09 bits per heavy atom. The van der Waals surface area contributed by atoms with Crippen molar-refractivity contribution in [2.24, 2.45) is 0 Å². The molecule has 0 bridgehead atoms. The fraction of sp³-hybridized carbons (Fsp3) is 0.100. The molecule has 0 amide bonds. The Morgan fingerprint density at radius 1 is 0.594 bits per heavy atom. The molecule has 156 valence electrons. The van der Waals surface area contributed by atoms with Gasteiger partial charge in [-0.3, -0.25) is 4.79 Å².